The van der Waals surface area contributed by atoms with Crippen LogP contribution in [0, 0.1) is 11.8 Å². The molecule has 0 amide bonds. The van der Waals surface area contributed by atoms with E-state index in [4.69, 9.17) is 10.8 Å². The number of aliphatic hydroxyl groups is 1. The maximum absolute atomic E-state index is 9.11. The second kappa shape index (κ2) is 13.0. The van der Waals surface area contributed by atoms with Gasteiger partial charge in [-0.05, 0) is 133 Å². The summed E-state index contributed by atoms with van der Waals surface area (Å²) in [6.45, 7) is 33.0. The largest absolute Gasteiger partial charge is 0.395 e. The molecule has 3 heterocycles. The van der Waals surface area contributed by atoms with Crippen molar-refractivity contribution in [1.29, 1.82) is 0 Å². The molecule has 3 saturated heterocycles. The average Bonchev–Trinajstić information content (AvgIpc) is 2.51. The van der Waals surface area contributed by atoms with E-state index in [1.807, 2.05) is 0 Å². The third kappa shape index (κ3) is 12.7. The molecule has 0 saturated carbocycles. The average molecular weight is 527 g/mol. The molecule has 0 aromatic rings. The Hall–Kier alpha value is -0.200. The number of likely N-dealkylation sites (tertiary alicyclic amines) is 1. The Labute approximate surface area is 233 Å². The molecule has 0 aromatic carbocycles. The lowest BCUT2D eigenvalue weighted by Crippen LogP contribution is -2.60. The Balaban J connectivity index is 0.000000524. The number of nitrogens with two attached hydrogens (primary N) is 1. The lowest BCUT2D eigenvalue weighted by atomic mass is 9.74. The van der Waals surface area contributed by atoms with Crippen molar-refractivity contribution in [2.24, 2.45) is 17.6 Å². The molecule has 5 heteroatoms. The van der Waals surface area contributed by atoms with E-state index < -0.39 is 0 Å². The normalized spacial score (nSPS) is 28.5. The van der Waals surface area contributed by atoms with Crippen LogP contribution in [0.1, 0.15) is 143 Å². The van der Waals surface area contributed by atoms with Gasteiger partial charge in [-0.1, -0.05) is 21.3 Å². The Morgan fingerprint density at radius 2 is 0.919 bits per heavy atom. The first-order valence-electron chi connectivity index (χ1n) is 14.6. The smallest absolute Gasteiger partial charge is 0.0558 e. The van der Waals surface area contributed by atoms with Crippen LogP contribution in [0.3, 0.4) is 0 Å². The zero-order valence-corrected chi connectivity index (χ0v) is 26.9. The van der Waals surface area contributed by atoms with E-state index in [1.165, 1.54) is 25.7 Å². The molecule has 0 radical (unpaired) electrons. The monoisotopic (exact) mass is 527 g/mol. The predicted molar refractivity (Wildman–Crippen MR) is 165 cm³/mol. The molecule has 37 heavy (non-hydrogen) atoms. The molecular weight excluding hydrogens is 456 g/mol. The summed E-state index contributed by atoms with van der Waals surface area (Å²) < 4.78 is 0. The van der Waals surface area contributed by atoms with Crippen LogP contribution in [-0.2, 0) is 0 Å². The summed E-state index contributed by atoms with van der Waals surface area (Å²) in [6.07, 6.45) is 7.23. The van der Waals surface area contributed by atoms with Gasteiger partial charge in [-0.3, -0.25) is 4.90 Å². The fourth-order valence-corrected chi connectivity index (χ4v) is 8.76. The summed E-state index contributed by atoms with van der Waals surface area (Å²) >= 11 is 0. The topological polar surface area (TPSA) is 73.5 Å². The minimum Gasteiger partial charge on any atom is -0.395 e. The highest BCUT2D eigenvalue weighted by atomic mass is 16.3. The van der Waals surface area contributed by atoms with Gasteiger partial charge in [0.1, 0.15) is 0 Å². The van der Waals surface area contributed by atoms with Crippen molar-refractivity contribution in [3.8, 4) is 0 Å². The number of β-amino-alcohol motifs (C(OH)–C–C–N with tert-alkyl or cyclic N) is 1. The van der Waals surface area contributed by atoms with Crippen LogP contribution in [-0.4, -0.2) is 62.4 Å². The molecule has 3 rings (SSSR count). The molecule has 3 fully saturated rings. The van der Waals surface area contributed by atoms with Crippen LogP contribution < -0.4 is 16.4 Å². The highest BCUT2D eigenvalue weighted by molar-refractivity contribution is 4.99. The molecule has 0 unspecified atom stereocenters. The Kier molecular flexibility index (Phi) is 12.9. The molecule has 0 aromatic heterocycles. The molecule has 0 aliphatic carbocycles. The predicted octanol–water partition coefficient (Wildman–Crippen LogP) is 6.72. The van der Waals surface area contributed by atoms with Gasteiger partial charge < -0.3 is 21.5 Å². The first-order valence-corrected chi connectivity index (χ1v) is 14.6. The van der Waals surface area contributed by atoms with Gasteiger partial charge >= 0.3 is 0 Å². The van der Waals surface area contributed by atoms with E-state index in [-0.39, 0.29) is 36.2 Å². The van der Waals surface area contributed by atoms with E-state index in [9.17, 15) is 0 Å². The molecule has 3 aliphatic rings. The number of nitrogens with one attached hydrogen (secondary N) is 2. The van der Waals surface area contributed by atoms with Crippen LogP contribution >= 0.6 is 0 Å². The van der Waals surface area contributed by atoms with Crippen LogP contribution in [0.2, 0.25) is 0 Å². The summed E-state index contributed by atoms with van der Waals surface area (Å²) in [5.74, 6) is 1.65. The lowest BCUT2D eigenvalue weighted by Gasteiger charge is -2.55. The zero-order valence-electron chi connectivity index (χ0n) is 26.9. The van der Waals surface area contributed by atoms with Gasteiger partial charge in [0.2, 0.25) is 0 Å². The Morgan fingerprint density at radius 3 is 1.19 bits per heavy atom. The minimum atomic E-state index is 0. The number of hydrogen-bond donors (Lipinski definition) is 4. The third-order valence-corrected chi connectivity index (χ3v) is 8.10. The van der Waals surface area contributed by atoms with Gasteiger partial charge in [-0.2, -0.15) is 0 Å². The summed E-state index contributed by atoms with van der Waals surface area (Å²) in [5.41, 5.74) is 7.49. The molecule has 224 valence electrons. The van der Waals surface area contributed by atoms with Crippen molar-refractivity contribution >= 4 is 0 Å². The molecule has 0 spiro atoms. The fourth-order valence-electron chi connectivity index (χ4n) is 8.76. The number of piperidine rings is 3. The van der Waals surface area contributed by atoms with Crippen molar-refractivity contribution in [2.45, 2.75) is 182 Å². The van der Waals surface area contributed by atoms with Gasteiger partial charge in [0.15, 0.2) is 0 Å². The van der Waals surface area contributed by atoms with Crippen molar-refractivity contribution in [1.82, 2.24) is 15.5 Å². The van der Waals surface area contributed by atoms with E-state index in [2.05, 4.69) is 112 Å². The Morgan fingerprint density at radius 1 is 0.622 bits per heavy atom. The maximum Gasteiger partial charge on any atom is 0.0558 e. The third-order valence-electron chi connectivity index (χ3n) is 8.10. The minimum absolute atomic E-state index is 0. The van der Waals surface area contributed by atoms with Crippen LogP contribution in [0.15, 0.2) is 0 Å². The number of hydrogen-bond acceptors (Lipinski definition) is 5. The first-order chi connectivity index (χ1) is 15.9. The Bertz CT molecular complexity index is 594. The number of nitrogens with zero attached hydrogens (tertiary/aromatic N) is 1. The molecule has 0 bridgehead atoms. The van der Waals surface area contributed by atoms with E-state index >= 15 is 0 Å². The summed E-state index contributed by atoms with van der Waals surface area (Å²) in [5, 5.41) is 16.4. The highest BCUT2D eigenvalue weighted by Gasteiger charge is 2.43. The van der Waals surface area contributed by atoms with Crippen LogP contribution in [0.4, 0.5) is 0 Å². The van der Waals surface area contributed by atoms with Crippen molar-refractivity contribution in [3.63, 3.8) is 0 Å². The van der Waals surface area contributed by atoms with E-state index in [1.54, 1.807) is 0 Å². The summed E-state index contributed by atoms with van der Waals surface area (Å²) in [6, 6.07) is 0.362. The molecule has 3 aliphatic heterocycles. The highest BCUT2D eigenvalue weighted by Crippen LogP contribution is 2.40. The molecular formula is C32H70N4O. The van der Waals surface area contributed by atoms with Crippen molar-refractivity contribution in [2.75, 3.05) is 13.2 Å². The SMILES string of the molecule is C.CC1(C)CC(N)CC(C)(C)N1.CC1CC(C)(C)N(CCO)C(C)(C)C1.CC1CC(C)(C)NC(C)(C)C1. The van der Waals surface area contributed by atoms with Crippen LogP contribution in [0.5, 0.6) is 0 Å². The molecule has 0 atom stereocenters. The molecule has 5 N–H and O–H groups in total. The van der Waals surface area contributed by atoms with E-state index in [0.717, 1.165) is 31.2 Å². The zero-order chi connectivity index (χ0) is 28.4. The summed E-state index contributed by atoms with van der Waals surface area (Å²) in [4.78, 5) is 2.46. The molecule has 5 nitrogen and oxygen atoms in total. The standard InChI is InChI=1S/C12H25NO.C10H21N.C9H20N2.CH4/c1-10-8-11(2,3)13(6-7-14)12(4,5)9-10;1-8-6-9(2,3)11-10(4,5)7-8;1-8(2)5-7(10)6-9(3,4)11-8;/h10,14H,6-9H2,1-5H3;8,11H,6-7H2,1-5H3;7,11H,5-6,10H2,1-4H3;1H4. The quantitative estimate of drug-likeness (QED) is 0.321. The number of rotatable bonds is 2. The van der Waals surface area contributed by atoms with Crippen molar-refractivity contribution in [3.05, 3.63) is 0 Å². The van der Waals surface area contributed by atoms with Gasteiger partial charge in [-0.15, -0.1) is 0 Å². The second-order valence-corrected chi connectivity index (χ2v) is 16.5. The van der Waals surface area contributed by atoms with Crippen molar-refractivity contribution < 1.29 is 5.11 Å². The van der Waals surface area contributed by atoms with Gasteiger partial charge in [-0.25, -0.2) is 0 Å². The van der Waals surface area contributed by atoms with E-state index in [0.29, 0.717) is 17.1 Å². The first kappa shape index (κ1) is 36.8. The number of aliphatic hydroxyl groups excluding tert-OH is 1. The van der Waals surface area contributed by atoms with Gasteiger partial charge in [0, 0.05) is 45.8 Å². The van der Waals surface area contributed by atoms with Crippen LogP contribution in [0.25, 0.3) is 0 Å². The van der Waals surface area contributed by atoms with Gasteiger partial charge in [0.25, 0.3) is 0 Å². The maximum atomic E-state index is 9.11. The fraction of sp³-hybridized carbons (Fsp3) is 1.00. The van der Waals surface area contributed by atoms with Gasteiger partial charge in [0.05, 0.1) is 6.61 Å². The lowest BCUT2D eigenvalue weighted by molar-refractivity contribution is -0.0555. The second-order valence-electron chi connectivity index (χ2n) is 16.5. The summed E-state index contributed by atoms with van der Waals surface area (Å²) in [7, 11) is 0.